The summed E-state index contributed by atoms with van der Waals surface area (Å²) in [6.07, 6.45) is 1.65. The fraction of sp³-hybridized carbons (Fsp3) is 0.105. The van der Waals surface area contributed by atoms with Crippen molar-refractivity contribution in [3.8, 4) is 23.0 Å². The smallest absolute Gasteiger partial charge is 0.258 e. The van der Waals surface area contributed by atoms with Gasteiger partial charge in [0.05, 0.1) is 18.3 Å². The predicted octanol–water partition coefficient (Wildman–Crippen LogP) is 3.16. The highest BCUT2D eigenvalue weighted by Crippen LogP contribution is 2.29. The number of nitrogens with zero attached hydrogens (tertiary/aromatic N) is 4. The van der Waals surface area contributed by atoms with E-state index < -0.39 is 0 Å². The molecular formula is C19H16N6O3S. The molecule has 1 aromatic carbocycles. The largest absolute Gasteiger partial charge is 0.493 e. The average molecular weight is 408 g/mol. The van der Waals surface area contributed by atoms with Gasteiger partial charge in [-0.2, -0.15) is 4.98 Å². The third kappa shape index (κ3) is 4.38. The van der Waals surface area contributed by atoms with Crippen LogP contribution in [-0.4, -0.2) is 38.2 Å². The normalized spacial score (nSPS) is 10.5. The van der Waals surface area contributed by atoms with Crippen LogP contribution in [0.1, 0.15) is 16.1 Å². The Morgan fingerprint density at radius 3 is 2.90 bits per heavy atom. The van der Waals surface area contributed by atoms with Crippen molar-refractivity contribution in [2.24, 2.45) is 0 Å². The quantitative estimate of drug-likeness (QED) is 0.483. The van der Waals surface area contributed by atoms with Gasteiger partial charge in [-0.1, -0.05) is 6.07 Å². The molecule has 146 valence electrons. The molecule has 0 saturated carbocycles. The average Bonchev–Trinajstić information content (AvgIpc) is 3.45. The molecule has 0 saturated heterocycles. The zero-order valence-corrected chi connectivity index (χ0v) is 16.1. The SMILES string of the molecule is COc1cc(C(=O)Nc2n[nH]c(-c3ccccn3)n2)ccc1OCc1cscn1. The Hall–Kier alpha value is -3.79. The molecule has 0 fully saturated rings. The number of methoxy groups -OCH3 is 1. The minimum absolute atomic E-state index is 0.151. The van der Waals surface area contributed by atoms with Crippen LogP contribution < -0.4 is 14.8 Å². The summed E-state index contributed by atoms with van der Waals surface area (Å²) in [6, 6.07) is 10.4. The number of rotatable bonds is 7. The lowest BCUT2D eigenvalue weighted by atomic mass is 10.2. The monoisotopic (exact) mass is 408 g/mol. The van der Waals surface area contributed by atoms with Crippen molar-refractivity contribution in [3.05, 3.63) is 64.7 Å². The molecule has 3 heterocycles. The number of H-pyrrole nitrogens is 1. The van der Waals surface area contributed by atoms with Crippen molar-refractivity contribution in [2.45, 2.75) is 6.61 Å². The van der Waals surface area contributed by atoms with Gasteiger partial charge in [0.1, 0.15) is 12.3 Å². The van der Waals surface area contributed by atoms with Gasteiger partial charge in [0.15, 0.2) is 17.3 Å². The molecular weight excluding hydrogens is 392 g/mol. The molecule has 0 bridgehead atoms. The number of nitrogens with one attached hydrogen (secondary N) is 2. The molecule has 0 radical (unpaired) electrons. The van der Waals surface area contributed by atoms with Crippen molar-refractivity contribution in [1.82, 2.24) is 25.1 Å². The van der Waals surface area contributed by atoms with Crippen LogP contribution >= 0.6 is 11.3 Å². The second kappa shape index (κ2) is 8.48. The van der Waals surface area contributed by atoms with E-state index in [9.17, 15) is 4.79 Å². The molecule has 3 aromatic heterocycles. The van der Waals surface area contributed by atoms with E-state index in [0.717, 1.165) is 5.69 Å². The topological polar surface area (TPSA) is 115 Å². The van der Waals surface area contributed by atoms with E-state index in [-0.39, 0.29) is 11.9 Å². The number of anilines is 1. The van der Waals surface area contributed by atoms with Crippen LogP contribution in [0.15, 0.2) is 53.5 Å². The number of ether oxygens (including phenoxy) is 2. The van der Waals surface area contributed by atoms with Gasteiger partial charge in [0.25, 0.3) is 5.91 Å². The predicted molar refractivity (Wildman–Crippen MR) is 107 cm³/mol. The first-order chi connectivity index (χ1) is 14.2. The molecule has 1 amide bonds. The first-order valence-electron chi connectivity index (χ1n) is 8.56. The zero-order chi connectivity index (χ0) is 20.1. The molecule has 4 rings (SSSR count). The highest BCUT2D eigenvalue weighted by atomic mass is 32.1. The molecule has 4 aromatic rings. The maximum Gasteiger partial charge on any atom is 0.258 e. The second-order valence-electron chi connectivity index (χ2n) is 5.81. The summed E-state index contributed by atoms with van der Waals surface area (Å²) >= 11 is 1.50. The number of amides is 1. The number of hydrogen-bond donors (Lipinski definition) is 2. The number of aromatic nitrogens is 5. The standard InChI is InChI=1S/C19H16N6O3S/c1-27-16-8-12(5-6-15(16)28-9-13-10-29-11-21-13)18(26)23-19-22-17(24-25-19)14-4-2-3-7-20-14/h2-8,10-11H,9H2,1H3,(H2,22,23,24,25,26). The van der Waals surface area contributed by atoms with E-state index in [2.05, 4.69) is 30.5 Å². The Balaban J connectivity index is 1.45. The highest BCUT2D eigenvalue weighted by molar-refractivity contribution is 7.07. The fourth-order valence-corrected chi connectivity index (χ4v) is 3.04. The molecule has 0 atom stereocenters. The minimum atomic E-state index is -0.374. The van der Waals surface area contributed by atoms with E-state index in [1.165, 1.54) is 18.4 Å². The van der Waals surface area contributed by atoms with Gasteiger partial charge < -0.3 is 9.47 Å². The number of benzene rings is 1. The third-order valence-electron chi connectivity index (χ3n) is 3.90. The van der Waals surface area contributed by atoms with Crippen LogP contribution in [0.4, 0.5) is 5.95 Å². The number of carbonyl (C=O) groups excluding carboxylic acids is 1. The molecule has 0 unspecified atom stereocenters. The molecule has 0 aliphatic carbocycles. The summed E-state index contributed by atoms with van der Waals surface area (Å²) < 4.78 is 11.1. The zero-order valence-electron chi connectivity index (χ0n) is 15.3. The lowest BCUT2D eigenvalue weighted by molar-refractivity contribution is 0.102. The van der Waals surface area contributed by atoms with Crippen LogP contribution in [0.2, 0.25) is 0 Å². The number of carbonyl (C=O) groups is 1. The van der Waals surface area contributed by atoms with E-state index in [1.54, 1.807) is 42.0 Å². The third-order valence-corrected chi connectivity index (χ3v) is 4.54. The highest BCUT2D eigenvalue weighted by Gasteiger charge is 2.14. The number of pyridine rings is 1. The van der Waals surface area contributed by atoms with Crippen molar-refractivity contribution in [2.75, 3.05) is 12.4 Å². The molecule has 2 N–H and O–H groups in total. The van der Waals surface area contributed by atoms with Crippen LogP contribution in [0.5, 0.6) is 11.5 Å². The van der Waals surface area contributed by atoms with Gasteiger partial charge in [0.2, 0.25) is 5.95 Å². The summed E-state index contributed by atoms with van der Waals surface area (Å²) in [5.74, 6) is 1.20. The molecule has 29 heavy (non-hydrogen) atoms. The van der Waals surface area contributed by atoms with Crippen molar-refractivity contribution in [3.63, 3.8) is 0 Å². The van der Waals surface area contributed by atoms with Gasteiger partial charge >= 0.3 is 0 Å². The van der Waals surface area contributed by atoms with Gasteiger partial charge in [-0.15, -0.1) is 16.4 Å². The fourth-order valence-electron chi connectivity index (χ4n) is 2.50. The number of hydrogen-bond acceptors (Lipinski definition) is 8. The maximum absolute atomic E-state index is 12.6. The first-order valence-corrected chi connectivity index (χ1v) is 9.50. The van der Waals surface area contributed by atoms with Crippen molar-refractivity contribution in [1.29, 1.82) is 0 Å². The summed E-state index contributed by atoms with van der Waals surface area (Å²) in [6.45, 7) is 0.318. The van der Waals surface area contributed by atoms with Crippen molar-refractivity contribution >= 4 is 23.2 Å². The Labute approximate surface area is 169 Å². The van der Waals surface area contributed by atoms with E-state index in [0.29, 0.717) is 35.2 Å². The second-order valence-corrected chi connectivity index (χ2v) is 6.53. The van der Waals surface area contributed by atoms with Gasteiger partial charge in [-0.05, 0) is 30.3 Å². The summed E-state index contributed by atoms with van der Waals surface area (Å²) in [4.78, 5) is 25.2. The molecule has 0 aliphatic rings. The van der Waals surface area contributed by atoms with Crippen LogP contribution in [0.25, 0.3) is 11.5 Å². The van der Waals surface area contributed by atoms with Crippen molar-refractivity contribution < 1.29 is 14.3 Å². The van der Waals surface area contributed by atoms with Crippen LogP contribution in [-0.2, 0) is 6.61 Å². The summed E-state index contributed by atoms with van der Waals surface area (Å²) in [7, 11) is 1.52. The van der Waals surface area contributed by atoms with Crippen LogP contribution in [0.3, 0.4) is 0 Å². The van der Waals surface area contributed by atoms with E-state index in [4.69, 9.17) is 9.47 Å². The number of aromatic amines is 1. The molecule has 0 spiro atoms. The van der Waals surface area contributed by atoms with Gasteiger partial charge in [-0.25, -0.2) is 4.98 Å². The number of thiazole rings is 1. The lowest BCUT2D eigenvalue weighted by Crippen LogP contribution is -2.13. The van der Waals surface area contributed by atoms with E-state index >= 15 is 0 Å². The summed E-state index contributed by atoms with van der Waals surface area (Å²) in [5.41, 5.74) is 3.58. The van der Waals surface area contributed by atoms with Gasteiger partial charge in [0, 0.05) is 17.1 Å². The molecule has 9 nitrogen and oxygen atoms in total. The van der Waals surface area contributed by atoms with Gasteiger partial charge in [-0.3, -0.25) is 20.2 Å². The first kappa shape index (κ1) is 18.6. The van der Waals surface area contributed by atoms with Crippen LogP contribution in [0, 0.1) is 0 Å². The Morgan fingerprint density at radius 2 is 2.14 bits per heavy atom. The Bertz CT molecular complexity index is 1100. The van der Waals surface area contributed by atoms with E-state index in [1.807, 2.05) is 11.4 Å². The minimum Gasteiger partial charge on any atom is -0.493 e. The molecule has 0 aliphatic heterocycles. The Kier molecular flexibility index (Phi) is 5.43. The molecule has 10 heteroatoms. The lowest BCUT2D eigenvalue weighted by Gasteiger charge is -2.11. The Morgan fingerprint density at radius 1 is 1.21 bits per heavy atom. The maximum atomic E-state index is 12.6. The summed E-state index contributed by atoms with van der Waals surface area (Å²) in [5, 5.41) is 11.3.